The molecule has 0 fully saturated rings. The molecule has 0 aromatic carbocycles. The van der Waals surface area contributed by atoms with E-state index in [1.807, 2.05) is 0 Å². The summed E-state index contributed by atoms with van der Waals surface area (Å²) in [7, 11) is 0. The minimum atomic E-state index is 0.374. The van der Waals surface area contributed by atoms with Crippen LogP contribution >= 0.6 is 0 Å². The number of hydrogen-bond donors (Lipinski definition) is 1. The average Bonchev–Trinajstić information content (AvgIpc) is 2.07. The Labute approximate surface area is 88.4 Å². The summed E-state index contributed by atoms with van der Waals surface area (Å²) in [4.78, 5) is 0. The Balaban J connectivity index is 2.74. The number of nitrogens with one attached hydrogen (secondary N) is 1. The van der Waals surface area contributed by atoms with Crippen molar-refractivity contribution in [1.82, 2.24) is 5.32 Å². The Hall–Kier alpha value is -0.370. The maximum absolute atomic E-state index is 3.57. The lowest BCUT2D eigenvalue weighted by Crippen LogP contribution is -2.50. The summed E-state index contributed by atoms with van der Waals surface area (Å²) in [5, 5.41) is 3.57. The fourth-order valence-electron chi connectivity index (χ4n) is 1.88. The van der Waals surface area contributed by atoms with Crippen LogP contribution in [0.25, 0.3) is 0 Å². The highest BCUT2D eigenvalue weighted by molar-refractivity contribution is 5.57. The van der Waals surface area contributed by atoms with Crippen LogP contribution in [0.3, 0.4) is 0 Å². The molecule has 14 heavy (non-hydrogen) atoms. The van der Waals surface area contributed by atoms with Gasteiger partial charge in [-0.05, 0) is 5.41 Å². The minimum absolute atomic E-state index is 0.374. The second-order valence-electron chi connectivity index (χ2n) is 5.44. The van der Waals surface area contributed by atoms with Crippen molar-refractivity contribution in [3.63, 3.8) is 0 Å². The van der Waals surface area contributed by atoms with Crippen LogP contribution in [0.4, 0.5) is 0 Å². The SMILES string of the molecule is CCC[N+]1=CC(C(C)(C)C)CNC1C. The topological polar surface area (TPSA) is 15.0 Å². The third-order valence-electron chi connectivity index (χ3n) is 3.10. The number of hydrogen-bond acceptors (Lipinski definition) is 1. The molecule has 1 heterocycles. The molecule has 2 nitrogen and oxygen atoms in total. The molecular formula is C12H25N2+. The molecule has 0 saturated carbocycles. The van der Waals surface area contributed by atoms with Gasteiger partial charge in [-0.1, -0.05) is 27.7 Å². The maximum Gasteiger partial charge on any atom is 0.203 e. The molecule has 2 atom stereocenters. The van der Waals surface area contributed by atoms with Crippen molar-refractivity contribution in [3.05, 3.63) is 0 Å². The van der Waals surface area contributed by atoms with Gasteiger partial charge in [-0.15, -0.1) is 0 Å². The molecule has 1 aliphatic heterocycles. The zero-order chi connectivity index (χ0) is 10.8. The van der Waals surface area contributed by atoms with E-state index in [0.717, 1.165) is 6.54 Å². The van der Waals surface area contributed by atoms with E-state index >= 15 is 0 Å². The summed E-state index contributed by atoms with van der Waals surface area (Å²) in [5.41, 5.74) is 0.374. The molecule has 0 aromatic rings. The Morgan fingerprint density at radius 3 is 2.57 bits per heavy atom. The summed E-state index contributed by atoms with van der Waals surface area (Å²) in [5.74, 6) is 0.658. The molecule has 0 saturated heterocycles. The second kappa shape index (κ2) is 4.43. The van der Waals surface area contributed by atoms with Crippen LogP contribution in [0.2, 0.25) is 0 Å². The van der Waals surface area contributed by atoms with Crippen molar-refractivity contribution in [1.29, 1.82) is 0 Å². The summed E-state index contributed by atoms with van der Waals surface area (Å²) in [6.45, 7) is 13.7. The standard InChI is InChI=1S/C12H25N2/c1-6-7-14-9-11(12(3,4)5)8-13-10(14)2/h9-11,13H,6-8H2,1-5H3/q+1. The molecule has 0 bridgehead atoms. The average molecular weight is 197 g/mol. The monoisotopic (exact) mass is 197 g/mol. The lowest BCUT2D eigenvalue weighted by molar-refractivity contribution is -0.571. The summed E-state index contributed by atoms with van der Waals surface area (Å²) < 4.78 is 2.44. The van der Waals surface area contributed by atoms with Gasteiger partial charge in [0.1, 0.15) is 12.8 Å². The van der Waals surface area contributed by atoms with Crippen molar-refractivity contribution >= 4 is 6.21 Å². The van der Waals surface area contributed by atoms with Crippen molar-refractivity contribution in [2.75, 3.05) is 13.1 Å². The molecular weight excluding hydrogens is 172 g/mol. The fraction of sp³-hybridized carbons (Fsp3) is 0.917. The van der Waals surface area contributed by atoms with Crippen LogP contribution < -0.4 is 5.32 Å². The Morgan fingerprint density at radius 1 is 1.43 bits per heavy atom. The molecule has 1 aliphatic rings. The summed E-state index contributed by atoms with van der Waals surface area (Å²) in [6.07, 6.45) is 4.16. The van der Waals surface area contributed by atoms with Gasteiger partial charge in [0.05, 0.1) is 5.92 Å². The predicted molar refractivity (Wildman–Crippen MR) is 61.9 cm³/mol. The van der Waals surface area contributed by atoms with Crippen molar-refractivity contribution < 1.29 is 4.58 Å². The molecule has 82 valence electrons. The quantitative estimate of drug-likeness (QED) is 0.670. The zero-order valence-electron chi connectivity index (χ0n) is 10.3. The molecule has 0 amide bonds. The molecule has 2 heteroatoms. The normalized spacial score (nSPS) is 28.8. The van der Waals surface area contributed by atoms with Gasteiger partial charge in [-0.3, -0.25) is 5.32 Å². The van der Waals surface area contributed by atoms with Crippen LogP contribution in [-0.4, -0.2) is 30.0 Å². The first kappa shape index (κ1) is 11.7. The summed E-state index contributed by atoms with van der Waals surface area (Å²) >= 11 is 0. The van der Waals surface area contributed by atoms with E-state index in [4.69, 9.17) is 0 Å². The molecule has 0 aliphatic carbocycles. The van der Waals surface area contributed by atoms with E-state index in [1.165, 1.54) is 13.0 Å². The highest BCUT2D eigenvalue weighted by Gasteiger charge is 2.31. The molecule has 0 spiro atoms. The molecule has 0 radical (unpaired) electrons. The van der Waals surface area contributed by atoms with Crippen LogP contribution in [-0.2, 0) is 0 Å². The van der Waals surface area contributed by atoms with E-state index in [-0.39, 0.29) is 0 Å². The van der Waals surface area contributed by atoms with Crippen LogP contribution in [0.5, 0.6) is 0 Å². The summed E-state index contributed by atoms with van der Waals surface area (Å²) in [6, 6.07) is 0. The highest BCUT2D eigenvalue weighted by Crippen LogP contribution is 2.25. The Bertz CT molecular complexity index is 213. The fourth-order valence-corrected chi connectivity index (χ4v) is 1.88. The lowest BCUT2D eigenvalue weighted by atomic mass is 9.80. The van der Waals surface area contributed by atoms with Crippen LogP contribution in [0, 0.1) is 11.3 Å². The van der Waals surface area contributed by atoms with E-state index < -0.39 is 0 Å². The van der Waals surface area contributed by atoms with Gasteiger partial charge < -0.3 is 0 Å². The van der Waals surface area contributed by atoms with Gasteiger partial charge >= 0.3 is 0 Å². The van der Waals surface area contributed by atoms with Crippen molar-refractivity contribution in [2.45, 2.75) is 47.2 Å². The van der Waals surface area contributed by atoms with Gasteiger partial charge in [0, 0.05) is 19.9 Å². The van der Waals surface area contributed by atoms with Crippen molar-refractivity contribution in [2.24, 2.45) is 11.3 Å². The first-order chi connectivity index (χ1) is 6.45. The van der Waals surface area contributed by atoms with Gasteiger partial charge in [-0.2, -0.15) is 0 Å². The van der Waals surface area contributed by atoms with E-state index in [9.17, 15) is 0 Å². The maximum atomic E-state index is 3.57. The van der Waals surface area contributed by atoms with Gasteiger partial charge in [0.2, 0.25) is 6.17 Å². The third-order valence-corrected chi connectivity index (χ3v) is 3.10. The minimum Gasteiger partial charge on any atom is -0.259 e. The molecule has 1 N–H and O–H groups in total. The van der Waals surface area contributed by atoms with Gasteiger partial charge in [0.15, 0.2) is 0 Å². The smallest absolute Gasteiger partial charge is 0.203 e. The Kier molecular flexibility index (Phi) is 3.71. The Morgan fingerprint density at radius 2 is 2.07 bits per heavy atom. The van der Waals surface area contributed by atoms with Crippen LogP contribution in [0.1, 0.15) is 41.0 Å². The van der Waals surface area contributed by atoms with Gasteiger partial charge in [-0.25, -0.2) is 4.58 Å². The number of rotatable bonds is 2. The first-order valence-corrected chi connectivity index (χ1v) is 5.79. The van der Waals surface area contributed by atoms with Gasteiger partial charge in [0.25, 0.3) is 0 Å². The zero-order valence-corrected chi connectivity index (χ0v) is 10.3. The molecule has 1 rings (SSSR count). The largest absolute Gasteiger partial charge is 0.259 e. The van der Waals surface area contributed by atoms with Crippen LogP contribution in [0.15, 0.2) is 0 Å². The molecule has 0 aromatic heterocycles. The number of nitrogens with zero attached hydrogens (tertiary/aromatic N) is 1. The lowest BCUT2D eigenvalue weighted by Gasteiger charge is -2.31. The molecule has 2 unspecified atom stereocenters. The van der Waals surface area contributed by atoms with E-state index in [0.29, 0.717) is 17.5 Å². The van der Waals surface area contributed by atoms with E-state index in [1.54, 1.807) is 0 Å². The van der Waals surface area contributed by atoms with E-state index in [2.05, 4.69) is 50.7 Å². The second-order valence-corrected chi connectivity index (χ2v) is 5.44. The predicted octanol–water partition coefficient (Wildman–Crippen LogP) is 2.09. The highest BCUT2D eigenvalue weighted by atomic mass is 15.2. The third kappa shape index (κ3) is 2.81. The van der Waals surface area contributed by atoms with Crippen molar-refractivity contribution in [3.8, 4) is 0 Å². The first-order valence-electron chi connectivity index (χ1n) is 5.79.